The molecule has 0 aromatic heterocycles. The van der Waals surface area contributed by atoms with Gasteiger partial charge in [0, 0.05) is 24.4 Å². The van der Waals surface area contributed by atoms with E-state index in [-0.39, 0.29) is 46.8 Å². The molecular weight excluding hydrogens is 345 g/mol. The van der Waals surface area contributed by atoms with Gasteiger partial charge in [0.15, 0.2) is 0 Å². The maximum Gasteiger partial charge on any atom is 0.311 e. The van der Waals surface area contributed by atoms with Crippen LogP contribution >= 0.6 is 0 Å². The summed E-state index contributed by atoms with van der Waals surface area (Å²) in [6, 6.07) is 6.47. The third-order valence-electron chi connectivity index (χ3n) is 7.80. The molecule has 4 nitrogen and oxygen atoms in total. The van der Waals surface area contributed by atoms with Gasteiger partial charge in [0.25, 0.3) is 0 Å². The van der Waals surface area contributed by atoms with E-state index in [1.165, 1.54) is 31.4 Å². The summed E-state index contributed by atoms with van der Waals surface area (Å²) in [5.41, 5.74) is 1.10. The van der Waals surface area contributed by atoms with Crippen molar-refractivity contribution < 1.29 is 18.7 Å². The van der Waals surface area contributed by atoms with Crippen molar-refractivity contribution in [2.75, 3.05) is 6.54 Å². The van der Waals surface area contributed by atoms with Crippen LogP contribution in [0.5, 0.6) is 0 Å². The van der Waals surface area contributed by atoms with E-state index in [2.05, 4.69) is 19.2 Å². The van der Waals surface area contributed by atoms with Crippen molar-refractivity contribution in [1.29, 1.82) is 0 Å². The van der Waals surface area contributed by atoms with Crippen molar-refractivity contribution in [3.8, 4) is 0 Å². The maximum absolute atomic E-state index is 13.0. The van der Waals surface area contributed by atoms with Crippen LogP contribution in [0.4, 0.5) is 4.39 Å². The number of ether oxygens (including phenoxy) is 2. The van der Waals surface area contributed by atoms with Crippen LogP contribution in [0, 0.1) is 29.0 Å². The summed E-state index contributed by atoms with van der Waals surface area (Å²) in [6.45, 7) is 5.86. The van der Waals surface area contributed by atoms with Crippen LogP contribution < -0.4 is 5.32 Å². The molecule has 4 aliphatic rings. The summed E-state index contributed by atoms with van der Waals surface area (Å²) >= 11 is 0. The highest BCUT2D eigenvalue weighted by molar-refractivity contribution is 5.76. The first-order valence-electron chi connectivity index (χ1n) is 10.3. The largest absolute Gasteiger partial charge is 0.462 e. The number of epoxide rings is 1. The minimum absolute atomic E-state index is 0.00829. The molecule has 4 fully saturated rings. The molecule has 0 bridgehead atoms. The summed E-state index contributed by atoms with van der Waals surface area (Å²) in [4.78, 5) is 12.6. The Morgan fingerprint density at radius 1 is 1.30 bits per heavy atom. The van der Waals surface area contributed by atoms with Gasteiger partial charge in [-0.15, -0.1) is 0 Å². The lowest BCUT2D eigenvalue weighted by molar-refractivity contribution is -0.146. The first-order chi connectivity index (χ1) is 12.9. The van der Waals surface area contributed by atoms with Crippen molar-refractivity contribution in [2.45, 2.75) is 63.9 Å². The normalized spacial score (nSPS) is 44.9. The summed E-state index contributed by atoms with van der Waals surface area (Å²) in [5, 5.41) is 3.38. The van der Waals surface area contributed by atoms with Crippen molar-refractivity contribution in [3.63, 3.8) is 0 Å². The van der Waals surface area contributed by atoms with Gasteiger partial charge < -0.3 is 14.8 Å². The van der Waals surface area contributed by atoms with E-state index >= 15 is 0 Å². The SMILES string of the molecule is C[C@@H]1CCC[C@@]2(C)C[C@H]3OC(=O)[C@H](CNCc4ccc(F)cc4)[C@@H]3[C@@H]3O[C@]132. The molecule has 1 N–H and O–H groups in total. The fourth-order valence-electron chi connectivity index (χ4n) is 6.44. The Labute approximate surface area is 159 Å². The molecule has 0 radical (unpaired) electrons. The van der Waals surface area contributed by atoms with Gasteiger partial charge in [-0.1, -0.05) is 32.4 Å². The quantitative estimate of drug-likeness (QED) is 0.649. The molecule has 5 heteroatoms. The zero-order valence-electron chi connectivity index (χ0n) is 16.0. The second-order valence-corrected chi connectivity index (χ2v) is 9.31. The standard InChI is InChI=1S/C22H28FNO3/c1-13-4-3-9-21(2)10-17-18(19-22(13,21)27-19)16(20(25)26-17)12-24-11-14-5-7-15(23)8-6-14/h5-8,13,16-19,24H,3-4,9-12H2,1-2H3/t13-,16-,17-,18+,19+,21+,22-/m1/s1. The monoisotopic (exact) mass is 373 g/mol. The molecule has 2 saturated carbocycles. The van der Waals surface area contributed by atoms with Crippen LogP contribution in [0.15, 0.2) is 24.3 Å². The van der Waals surface area contributed by atoms with Gasteiger partial charge in [-0.3, -0.25) is 4.79 Å². The van der Waals surface area contributed by atoms with Crippen molar-refractivity contribution in [1.82, 2.24) is 5.32 Å². The maximum atomic E-state index is 13.0. The van der Waals surface area contributed by atoms with Crippen LogP contribution in [0.25, 0.3) is 0 Å². The van der Waals surface area contributed by atoms with E-state index in [9.17, 15) is 9.18 Å². The molecule has 2 heterocycles. The zero-order valence-corrected chi connectivity index (χ0v) is 16.0. The molecule has 1 spiro atoms. The fourth-order valence-corrected chi connectivity index (χ4v) is 6.44. The van der Waals surface area contributed by atoms with Gasteiger partial charge in [-0.2, -0.15) is 0 Å². The van der Waals surface area contributed by atoms with Crippen molar-refractivity contribution in [3.05, 3.63) is 35.6 Å². The lowest BCUT2D eigenvalue weighted by Crippen LogP contribution is -2.54. The highest BCUT2D eigenvalue weighted by atomic mass is 19.1. The van der Waals surface area contributed by atoms with Gasteiger partial charge in [0.1, 0.15) is 17.5 Å². The van der Waals surface area contributed by atoms with Gasteiger partial charge in [-0.05, 0) is 42.9 Å². The highest BCUT2D eigenvalue weighted by Gasteiger charge is 2.78. The molecule has 7 atom stereocenters. The Hall–Kier alpha value is -1.46. The zero-order chi connectivity index (χ0) is 18.8. The van der Waals surface area contributed by atoms with Crippen molar-refractivity contribution >= 4 is 5.97 Å². The predicted molar refractivity (Wildman–Crippen MR) is 98.3 cm³/mol. The van der Waals surface area contributed by atoms with E-state index in [0.29, 0.717) is 19.0 Å². The van der Waals surface area contributed by atoms with Crippen molar-refractivity contribution in [2.24, 2.45) is 23.2 Å². The third kappa shape index (κ3) is 2.51. The van der Waals surface area contributed by atoms with Crippen LogP contribution in [0.3, 0.4) is 0 Å². The molecule has 2 saturated heterocycles. The molecule has 0 amide bonds. The Morgan fingerprint density at radius 3 is 2.85 bits per heavy atom. The van der Waals surface area contributed by atoms with E-state index in [0.717, 1.165) is 12.0 Å². The number of carbonyl (C=O) groups excluding carboxylic acids is 1. The molecule has 1 aromatic carbocycles. The number of hydrogen-bond acceptors (Lipinski definition) is 4. The first-order valence-corrected chi connectivity index (χ1v) is 10.3. The van der Waals surface area contributed by atoms with Crippen LogP contribution in [-0.2, 0) is 20.8 Å². The number of benzene rings is 1. The fraction of sp³-hybridized carbons (Fsp3) is 0.682. The number of halogens is 1. The van der Waals surface area contributed by atoms with Gasteiger partial charge in [0.2, 0.25) is 0 Å². The molecule has 1 aromatic rings. The highest BCUT2D eigenvalue weighted by Crippen LogP contribution is 2.70. The van der Waals surface area contributed by atoms with E-state index in [4.69, 9.17) is 9.47 Å². The Balaban J connectivity index is 1.30. The second kappa shape index (κ2) is 6.02. The Morgan fingerprint density at radius 2 is 2.07 bits per heavy atom. The second-order valence-electron chi connectivity index (χ2n) is 9.31. The van der Waals surface area contributed by atoms with Crippen LogP contribution in [0.1, 0.15) is 45.1 Å². The minimum atomic E-state index is -0.232. The Bertz CT molecular complexity index is 752. The number of fused-ring (bicyclic) bond motifs is 2. The summed E-state index contributed by atoms with van der Waals surface area (Å²) in [6.07, 6.45) is 4.70. The minimum Gasteiger partial charge on any atom is -0.462 e. The summed E-state index contributed by atoms with van der Waals surface area (Å²) < 4.78 is 25.3. The van der Waals surface area contributed by atoms with Gasteiger partial charge >= 0.3 is 5.97 Å². The molecule has 146 valence electrons. The number of esters is 1. The van der Waals surface area contributed by atoms with Gasteiger partial charge in [0.05, 0.1) is 12.0 Å². The molecule has 2 aliphatic carbocycles. The lowest BCUT2D eigenvalue weighted by Gasteiger charge is -2.48. The average Bonchev–Trinajstić information content (AvgIpc) is 3.31. The Kier molecular flexibility index (Phi) is 3.93. The molecule has 2 aliphatic heterocycles. The van der Waals surface area contributed by atoms with E-state index < -0.39 is 0 Å². The molecule has 5 rings (SSSR count). The topological polar surface area (TPSA) is 50.9 Å². The summed E-state index contributed by atoms with van der Waals surface area (Å²) in [7, 11) is 0. The van der Waals surface area contributed by atoms with E-state index in [1.54, 1.807) is 12.1 Å². The molecule has 0 unspecified atom stereocenters. The third-order valence-corrected chi connectivity index (χ3v) is 7.80. The number of carbonyl (C=O) groups is 1. The lowest BCUT2D eigenvalue weighted by atomic mass is 9.53. The smallest absolute Gasteiger partial charge is 0.311 e. The summed E-state index contributed by atoms with van der Waals surface area (Å²) in [5.74, 6) is 0.234. The average molecular weight is 373 g/mol. The first kappa shape index (κ1) is 17.6. The number of nitrogens with one attached hydrogen (secondary N) is 1. The predicted octanol–water partition coefficient (Wildman–Crippen LogP) is 3.44. The van der Waals surface area contributed by atoms with Gasteiger partial charge in [-0.25, -0.2) is 4.39 Å². The number of hydrogen-bond donors (Lipinski definition) is 1. The molecule has 27 heavy (non-hydrogen) atoms. The van der Waals surface area contributed by atoms with Crippen LogP contribution in [0.2, 0.25) is 0 Å². The van der Waals surface area contributed by atoms with Crippen LogP contribution in [-0.4, -0.2) is 30.3 Å². The number of rotatable bonds is 4. The van der Waals surface area contributed by atoms with E-state index in [1.807, 2.05) is 0 Å². The molecular formula is C22H28FNO3.